The van der Waals surface area contributed by atoms with Gasteiger partial charge < -0.3 is 14.5 Å². The summed E-state index contributed by atoms with van der Waals surface area (Å²) < 4.78 is 96.1. The maximum absolute atomic E-state index is 13.7. The third kappa shape index (κ3) is 20.3. The summed E-state index contributed by atoms with van der Waals surface area (Å²) in [6, 6.07) is 0. The molecule has 33 heavy (non-hydrogen) atoms. The van der Waals surface area contributed by atoms with E-state index in [-0.39, 0.29) is 25.6 Å². The Balaban J connectivity index is 3.80. The van der Waals surface area contributed by atoms with Gasteiger partial charge in [-0.05, 0) is 19.3 Å². The third-order valence-electron chi connectivity index (χ3n) is 5.08. The highest BCUT2D eigenvalue weighted by molar-refractivity contribution is 7.51. The van der Waals surface area contributed by atoms with E-state index >= 15 is 0 Å². The van der Waals surface area contributed by atoms with E-state index in [0.29, 0.717) is 12.8 Å². The first kappa shape index (κ1) is 32.2. The first-order valence-corrected chi connectivity index (χ1v) is 13.2. The molecule has 0 aromatic carbocycles. The molecule has 0 heterocycles. The van der Waals surface area contributed by atoms with Crippen LogP contribution in [0.1, 0.15) is 96.8 Å². The minimum Gasteiger partial charge on any atom is -0.466 e. The predicted octanol–water partition coefficient (Wildman–Crippen LogP) is 7.09. The molecule has 2 N–H and O–H groups in total. The van der Waals surface area contributed by atoms with Crippen LogP contribution < -0.4 is 0 Å². The van der Waals surface area contributed by atoms with Gasteiger partial charge in [-0.15, -0.1) is 0 Å². The van der Waals surface area contributed by atoms with Crippen molar-refractivity contribution in [2.45, 2.75) is 115 Å². The maximum atomic E-state index is 13.7. The summed E-state index contributed by atoms with van der Waals surface area (Å²) >= 11 is 0. The number of unbranched alkanes of at least 4 members (excludes halogenated alkanes) is 7. The summed E-state index contributed by atoms with van der Waals surface area (Å²) in [5, 5.41) is 0. The van der Waals surface area contributed by atoms with Gasteiger partial charge in [-0.25, -0.2) is 26.3 Å². The van der Waals surface area contributed by atoms with Crippen LogP contribution in [0.3, 0.4) is 0 Å². The Hall–Kier alpha value is -0.800. The van der Waals surface area contributed by atoms with Crippen molar-refractivity contribution in [2.75, 3.05) is 12.8 Å². The van der Waals surface area contributed by atoms with Crippen molar-refractivity contribution in [1.82, 2.24) is 0 Å². The number of ether oxygens (including phenoxy) is 1. The van der Waals surface area contributed by atoms with E-state index in [9.17, 15) is 35.7 Å². The van der Waals surface area contributed by atoms with Crippen LogP contribution >= 0.6 is 7.60 Å². The molecule has 0 saturated carbocycles. The normalized spacial score (nSPS) is 13.4. The number of alkyl halides is 6. The van der Waals surface area contributed by atoms with Crippen molar-refractivity contribution >= 4 is 13.6 Å². The number of carbonyl (C=O) groups excluding carboxylic acids is 1. The zero-order valence-corrected chi connectivity index (χ0v) is 20.0. The van der Waals surface area contributed by atoms with Crippen molar-refractivity contribution < 1.29 is 50.2 Å². The number of carbonyl (C=O) groups is 1. The quantitative estimate of drug-likeness (QED) is 0.0784. The van der Waals surface area contributed by atoms with Gasteiger partial charge in [0.15, 0.2) is 0 Å². The Labute approximate surface area is 191 Å². The Morgan fingerprint density at radius 1 is 0.758 bits per heavy atom. The smallest absolute Gasteiger partial charge is 0.325 e. The molecule has 0 aromatic heterocycles. The molecule has 0 saturated heterocycles. The molecule has 0 spiro atoms. The number of rotatable bonds is 20. The zero-order valence-electron chi connectivity index (χ0n) is 19.1. The van der Waals surface area contributed by atoms with Gasteiger partial charge in [-0.3, -0.25) is 9.36 Å². The Bertz CT molecular complexity index is 598. The fourth-order valence-electron chi connectivity index (χ4n) is 3.27. The molecule has 12 heteroatoms. The summed E-state index contributed by atoms with van der Waals surface area (Å²) in [4.78, 5) is 29.1. The lowest BCUT2D eigenvalue weighted by molar-refractivity contribution is -0.161. The van der Waals surface area contributed by atoms with Crippen LogP contribution in [0.25, 0.3) is 0 Å². The Morgan fingerprint density at radius 2 is 1.24 bits per heavy atom. The molecule has 198 valence electrons. The van der Waals surface area contributed by atoms with Crippen LogP contribution in [0.2, 0.25) is 0 Å². The molecule has 0 amide bonds. The van der Waals surface area contributed by atoms with Crippen molar-refractivity contribution in [3.63, 3.8) is 0 Å². The average Bonchev–Trinajstić information content (AvgIpc) is 2.64. The van der Waals surface area contributed by atoms with E-state index in [4.69, 9.17) is 14.5 Å². The van der Waals surface area contributed by atoms with Crippen molar-refractivity contribution in [3.8, 4) is 0 Å². The molecule has 0 fully saturated rings. The van der Waals surface area contributed by atoms with Gasteiger partial charge in [0.25, 0.3) is 17.8 Å². The summed E-state index contributed by atoms with van der Waals surface area (Å²) in [6.07, 6.45) is 0.114. The Morgan fingerprint density at radius 3 is 1.76 bits per heavy atom. The van der Waals surface area contributed by atoms with Crippen LogP contribution in [-0.2, 0) is 14.1 Å². The second-order valence-corrected chi connectivity index (χ2v) is 10.3. The molecular weight excluding hydrogens is 477 g/mol. The molecular formula is C21H37F6O5P. The van der Waals surface area contributed by atoms with Gasteiger partial charge in [-0.1, -0.05) is 45.4 Å². The number of hydrogen-bond acceptors (Lipinski definition) is 3. The minimum atomic E-state index is -4.19. The maximum Gasteiger partial charge on any atom is 0.325 e. The molecule has 0 atom stereocenters. The largest absolute Gasteiger partial charge is 0.466 e. The van der Waals surface area contributed by atoms with Gasteiger partial charge in [0.2, 0.25) is 0 Å². The van der Waals surface area contributed by atoms with Gasteiger partial charge in [0, 0.05) is 25.4 Å². The lowest BCUT2D eigenvalue weighted by Crippen LogP contribution is -2.35. The lowest BCUT2D eigenvalue weighted by Gasteiger charge is -2.26. The third-order valence-corrected chi connectivity index (χ3v) is 5.98. The van der Waals surface area contributed by atoms with Crippen LogP contribution in [0.4, 0.5) is 26.3 Å². The average molecular weight is 514 g/mol. The van der Waals surface area contributed by atoms with Gasteiger partial charge >= 0.3 is 13.6 Å². The highest BCUT2D eigenvalue weighted by Gasteiger charge is 2.48. The lowest BCUT2D eigenvalue weighted by atomic mass is 9.99. The van der Waals surface area contributed by atoms with E-state index in [1.807, 2.05) is 0 Å². The number of esters is 1. The van der Waals surface area contributed by atoms with Crippen LogP contribution in [0, 0.1) is 0 Å². The molecule has 0 radical (unpaired) electrons. The second kappa shape index (κ2) is 15.2. The highest BCUT2D eigenvalue weighted by Crippen LogP contribution is 2.41. The molecule has 0 bridgehead atoms. The second-order valence-electron chi connectivity index (χ2n) is 8.57. The van der Waals surface area contributed by atoms with E-state index < -0.39 is 57.0 Å². The van der Waals surface area contributed by atoms with E-state index in [1.54, 1.807) is 0 Å². The molecule has 0 unspecified atom stereocenters. The Kier molecular flexibility index (Phi) is 14.9. The standard InChI is InChI=1S/C21H37F6O5P/c1-2-19(22,23)16-21(26,27)17-20(24,25)13-11-14-32-18(28)12-9-7-5-3-4-6-8-10-15-33(29,30)31/h2-17H2,1H3,(H2,29,30,31). The SMILES string of the molecule is CCC(F)(F)CC(F)(F)CC(F)(F)CCCOC(=O)CCCCCCCCCCP(=O)(O)O. The van der Waals surface area contributed by atoms with Crippen LogP contribution in [0.15, 0.2) is 0 Å². The molecule has 0 rings (SSSR count). The van der Waals surface area contributed by atoms with E-state index in [2.05, 4.69) is 0 Å². The first-order valence-electron chi connectivity index (χ1n) is 11.4. The molecule has 5 nitrogen and oxygen atoms in total. The fraction of sp³-hybridized carbons (Fsp3) is 0.952. The van der Waals surface area contributed by atoms with Crippen molar-refractivity contribution in [2.24, 2.45) is 0 Å². The van der Waals surface area contributed by atoms with Gasteiger partial charge in [0.1, 0.15) is 0 Å². The fourth-order valence-corrected chi connectivity index (χ4v) is 3.90. The summed E-state index contributed by atoms with van der Waals surface area (Å²) in [5.41, 5.74) is 0. The summed E-state index contributed by atoms with van der Waals surface area (Å²) in [7, 11) is -3.92. The predicted molar refractivity (Wildman–Crippen MR) is 113 cm³/mol. The summed E-state index contributed by atoms with van der Waals surface area (Å²) in [5.74, 6) is -12.3. The number of halogens is 6. The van der Waals surface area contributed by atoms with Crippen LogP contribution in [0.5, 0.6) is 0 Å². The molecule has 0 aromatic rings. The van der Waals surface area contributed by atoms with Crippen molar-refractivity contribution in [3.05, 3.63) is 0 Å². The monoisotopic (exact) mass is 514 g/mol. The van der Waals surface area contributed by atoms with E-state index in [1.165, 1.54) is 0 Å². The number of hydrogen-bond donors (Lipinski definition) is 2. The highest BCUT2D eigenvalue weighted by atomic mass is 31.2. The minimum absolute atomic E-state index is 0.100. The van der Waals surface area contributed by atoms with Crippen LogP contribution in [-0.4, -0.2) is 46.3 Å². The topological polar surface area (TPSA) is 83.8 Å². The first-order chi connectivity index (χ1) is 15.1. The molecule has 0 aliphatic carbocycles. The van der Waals surface area contributed by atoms with E-state index in [0.717, 1.165) is 45.4 Å². The van der Waals surface area contributed by atoms with Gasteiger partial charge in [-0.2, -0.15) is 0 Å². The zero-order chi connectivity index (χ0) is 25.6. The summed E-state index contributed by atoms with van der Waals surface area (Å²) in [6.45, 7) is 0.657. The van der Waals surface area contributed by atoms with Gasteiger partial charge in [0.05, 0.1) is 19.4 Å². The molecule has 0 aliphatic heterocycles. The van der Waals surface area contributed by atoms with Crippen molar-refractivity contribution in [1.29, 1.82) is 0 Å². The molecule has 0 aliphatic rings.